The summed E-state index contributed by atoms with van der Waals surface area (Å²) in [4.78, 5) is 26.2. The van der Waals surface area contributed by atoms with Crippen LogP contribution in [0.15, 0.2) is 48.5 Å². The maximum Gasteiger partial charge on any atom is 0.229 e. The molecule has 2 fully saturated rings. The minimum Gasteiger partial charge on any atom is -0.353 e. The van der Waals surface area contributed by atoms with Crippen molar-refractivity contribution in [2.75, 3.05) is 4.90 Å². The predicted molar refractivity (Wildman–Crippen MR) is 117 cm³/mol. The number of carbonyl (C=O) groups excluding carboxylic acids is 2. The fourth-order valence-electron chi connectivity index (χ4n) is 4.37. The normalized spacial score (nSPS) is 20.6. The number of hydrogen-bond donors (Lipinski definition) is 2. The van der Waals surface area contributed by atoms with Gasteiger partial charge >= 0.3 is 0 Å². The number of benzene rings is 2. The Morgan fingerprint density at radius 2 is 1.90 bits per heavy atom. The van der Waals surface area contributed by atoms with E-state index < -0.39 is 0 Å². The van der Waals surface area contributed by atoms with Gasteiger partial charge in [0.1, 0.15) is 0 Å². The van der Waals surface area contributed by atoms with E-state index in [0.717, 1.165) is 35.0 Å². The van der Waals surface area contributed by atoms with Gasteiger partial charge in [0.25, 0.3) is 0 Å². The van der Waals surface area contributed by atoms with Gasteiger partial charge in [0.15, 0.2) is 5.82 Å². The van der Waals surface area contributed by atoms with Crippen LogP contribution >= 0.6 is 0 Å². The first-order chi connectivity index (χ1) is 14.6. The summed E-state index contributed by atoms with van der Waals surface area (Å²) in [5.41, 5.74) is 1.85. The molecule has 0 radical (unpaired) electrons. The first-order valence-electron chi connectivity index (χ1n) is 10.7. The molecule has 2 aliphatic carbocycles. The maximum absolute atomic E-state index is 12.5. The van der Waals surface area contributed by atoms with Gasteiger partial charge in [-0.15, -0.1) is 0 Å². The van der Waals surface area contributed by atoms with Crippen LogP contribution in [0.4, 0.5) is 11.5 Å². The molecule has 6 nitrogen and oxygen atoms in total. The smallest absolute Gasteiger partial charge is 0.229 e. The number of aromatic nitrogens is 2. The zero-order valence-corrected chi connectivity index (χ0v) is 17.1. The second-order valence-electron chi connectivity index (χ2n) is 8.61. The lowest BCUT2D eigenvalue weighted by atomic mass is 9.78. The lowest BCUT2D eigenvalue weighted by Crippen LogP contribution is -2.43. The van der Waals surface area contributed by atoms with Gasteiger partial charge in [0, 0.05) is 42.5 Å². The van der Waals surface area contributed by atoms with Gasteiger partial charge in [-0.25, -0.2) is 0 Å². The number of amides is 2. The summed E-state index contributed by atoms with van der Waals surface area (Å²) in [7, 11) is 0. The highest BCUT2D eigenvalue weighted by atomic mass is 16.2. The van der Waals surface area contributed by atoms with Gasteiger partial charge in [-0.05, 0) is 43.1 Å². The van der Waals surface area contributed by atoms with E-state index in [1.165, 1.54) is 12.8 Å². The Morgan fingerprint density at radius 3 is 2.67 bits per heavy atom. The zero-order valence-electron chi connectivity index (χ0n) is 17.1. The molecule has 2 amide bonds. The Bertz CT molecular complexity index is 1090. The minimum atomic E-state index is -0.0803. The third kappa shape index (κ3) is 3.70. The van der Waals surface area contributed by atoms with Crippen molar-refractivity contribution in [2.45, 2.75) is 51.0 Å². The van der Waals surface area contributed by atoms with Gasteiger partial charge in [0.2, 0.25) is 11.8 Å². The van der Waals surface area contributed by atoms with Crippen molar-refractivity contribution in [2.24, 2.45) is 5.92 Å². The number of fused-ring (bicyclic) bond motifs is 1. The highest BCUT2D eigenvalue weighted by Gasteiger charge is 2.34. The molecule has 0 atom stereocenters. The van der Waals surface area contributed by atoms with Crippen molar-refractivity contribution in [3.8, 4) is 0 Å². The van der Waals surface area contributed by atoms with E-state index >= 15 is 0 Å². The van der Waals surface area contributed by atoms with Crippen LogP contribution in [0.2, 0.25) is 0 Å². The number of nitrogens with zero attached hydrogens (tertiary/aromatic N) is 2. The molecule has 2 aromatic carbocycles. The number of anilines is 2. The summed E-state index contributed by atoms with van der Waals surface area (Å²) < 4.78 is 0. The highest BCUT2D eigenvalue weighted by Crippen LogP contribution is 2.39. The van der Waals surface area contributed by atoms with E-state index in [1.807, 2.05) is 48.5 Å². The fourth-order valence-corrected chi connectivity index (χ4v) is 4.37. The third-order valence-electron chi connectivity index (χ3n) is 6.25. The van der Waals surface area contributed by atoms with E-state index in [9.17, 15) is 9.59 Å². The van der Waals surface area contributed by atoms with Crippen molar-refractivity contribution in [3.63, 3.8) is 0 Å². The third-order valence-corrected chi connectivity index (χ3v) is 6.25. The van der Waals surface area contributed by atoms with Gasteiger partial charge < -0.3 is 5.32 Å². The van der Waals surface area contributed by atoms with Crippen molar-refractivity contribution in [1.82, 2.24) is 15.5 Å². The SMILES string of the molecule is CC(=O)N(c1cc(C2CC(NC(=O)CC3CC3)C2)[nH]n1)c1cccc2ccccc12. The minimum absolute atomic E-state index is 0.0803. The number of rotatable bonds is 6. The Hall–Kier alpha value is -3.15. The lowest BCUT2D eigenvalue weighted by molar-refractivity contribution is -0.122. The van der Waals surface area contributed by atoms with Crippen molar-refractivity contribution in [3.05, 3.63) is 54.2 Å². The number of nitrogens with one attached hydrogen (secondary N) is 2. The van der Waals surface area contributed by atoms with Gasteiger partial charge in [-0.3, -0.25) is 19.6 Å². The van der Waals surface area contributed by atoms with Crippen LogP contribution in [-0.4, -0.2) is 28.1 Å². The molecular formula is C24H26N4O2. The molecule has 2 aliphatic rings. The molecule has 0 unspecified atom stereocenters. The molecule has 0 bridgehead atoms. The molecule has 30 heavy (non-hydrogen) atoms. The molecule has 5 rings (SSSR count). The fraction of sp³-hybridized carbons (Fsp3) is 0.375. The molecule has 0 spiro atoms. The summed E-state index contributed by atoms with van der Waals surface area (Å²) in [6, 6.07) is 16.2. The van der Waals surface area contributed by atoms with Crippen LogP contribution in [0.3, 0.4) is 0 Å². The molecule has 2 N–H and O–H groups in total. The molecule has 1 heterocycles. The first-order valence-corrected chi connectivity index (χ1v) is 10.7. The predicted octanol–water partition coefficient (Wildman–Crippen LogP) is 4.41. The van der Waals surface area contributed by atoms with Crippen LogP contribution in [-0.2, 0) is 9.59 Å². The quantitative estimate of drug-likeness (QED) is 0.641. The topological polar surface area (TPSA) is 78.1 Å². The second kappa shape index (κ2) is 7.59. The largest absolute Gasteiger partial charge is 0.353 e. The van der Waals surface area contributed by atoms with Gasteiger partial charge in [-0.2, -0.15) is 5.10 Å². The van der Waals surface area contributed by atoms with Crippen LogP contribution in [0.5, 0.6) is 0 Å². The Labute approximate surface area is 175 Å². The highest BCUT2D eigenvalue weighted by molar-refractivity contribution is 6.07. The number of aromatic amines is 1. The number of hydrogen-bond acceptors (Lipinski definition) is 3. The second-order valence-corrected chi connectivity index (χ2v) is 8.61. The summed E-state index contributed by atoms with van der Waals surface area (Å²) in [5.74, 6) is 1.66. The van der Waals surface area contributed by atoms with E-state index in [1.54, 1.807) is 11.8 Å². The lowest BCUT2D eigenvalue weighted by Gasteiger charge is -2.35. The first kappa shape index (κ1) is 18.9. The average Bonchev–Trinajstić information content (AvgIpc) is 3.39. The van der Waals surface area contributed by atoms with Crippen molar-refractivity contribution >= 4 is 34.1 Å². The van der Waals surface area contributed by atoms with Crippen LogP contribution in [0.1, 0.15) is 50.6 Å². The van der Waals surface area contributed by atoms with Crippen LogP contribution in [0, 0.1) is 5.92 Å². The molecule has 3 aromatic rings. The summed E-state index contributed by atoms with van der Waals surface area (Å²) in [6.07, 6.45) is 4.88. The summed E-state index contributed by atoms with van der Waals surface area (Å²) >= 11 is 0. The van der Waals surface area contributed by atoms with E-state index in [0.29, 0.717) is 24.1 Å². The van der Waals surface area contributed by atoms with Gasteiger partial charge in [-0.1, -0.05) is 36.4 Å². The standard InChI is InChI=1S/C24H26N4O2/c1-15(29)28(22-8-4-6-17-5-2-3-7-20(17)22)23-14-21(26-27-23)18-12-19(13-18)25-24(30)11-16-9-10-16/h2-8,14,16,18-19H,9-13H2,1H3,(H,25,30)(H,26,27). The molecule has 6 heteroatoms. The van der Waals surface area contributed by atoms with E-state index in [2.05, 4.69) is 15.5 Å². The van der Waals surface area contributed by atoms with Crippen LogP contribution in [0.25, 0.3) is 10.8 Å². The Kier molecular flexibility index (Phi) is 4.77. The van der Waals surface area contributed by atoms with Crippen molar-refractivity contribution < 1.29 is 9.59 Å². The van der Waals surface area contributed by atoms with Gasteiger partial charge in [0.05, 0.1) is 5.69 Å². The zero-order chi connectivity index (χ0) is 20.7. The molecular weight excluding hydrogens is 376 g/mol. The van der Waals surface area contributed by atoms with Crippen molar-refractivity contribution in [1.29, 1.82) is 0 Å². The molecule has 1 aromatic heterocycles. The molecule has 154 valence electrons. The van der Waals surface area contributed by atoms with Crippen LogP contribution < -0.4 is 10.2 Å². The maximum atomic E-state index is 12.5. The molecule has 0 aliphatic heterocycles. The molecule has 0 saturated heterocycles. The Balaban J connectivity index is 1.31. The monoisotopic (exact) mass is 402 g/mol. The number of carbonyl (C=O) groups is 2. The average molecular weight is 402 g/mol. The summed E-state index contributed by atoms with van der Waals surface area (Å²) in [6.45, 7) is 1.56. The number of H-pyrrole nitrogens is 1. The van der Waals surface area contributed by atoms with E-state index in [4.69, 9.17) is 0 Å². The Morgan fingerprint density at radius 1 is 1.13 bits per heavy atom. The summed E-state index contributed by atoms with van der Waals surface area (Å²) in [5, 5.41) is 12.8. The van der Waals surface area contributed by atoms with E-state index in [-0.39, 0.29) is 17.9 Å². The molecule has 2 saturated carbocycles.